The molecule has 2 aromatic rings. The fraction of sp³-hybridized carbons (Fsp3) is 0.417. The number of nitrogens with two attached hydrogens (primary N) is 1. The normalized spacial score (nSPS) is 15.0. The average Bonchev–Trinajstić information content (AvgIpc) is 2.95. The van der Waals surface area contributed by atoms with E-state index in [-0.39, 0.29) is 5.84 Å². The van der Waals surface area contributed by atoms with Gasteiger partial charge in [0.25, 0.3) is 0 Å². The molecule has 0 bridgehead atoms. The van der Waals surface area contributed by atoms with Gasteiger partial charge in [0, 0.05) is 19.2 Å². The number of amidine groups is 1. The van der Waals surface area contributed by atoms with E-state index in [4.69, 9.17) is 11.1 Å². The third kappa shape index (κ3) is 1.61. The molecule has 6 nitrogen and oxygen atoms in total. The summed E-state index contributed by atoms with van der Waals surface area (Å²) in [6.45, 7) is 1.85. The Labute approximate surface area is 105 Å². The van der Waals surface area contributed by atoms with Crippen LogP contribution in [0.5, 0.6) is 0 Å². The highest BCUT2D eigenvalue weighted by Gasteiger charge is 2.27. The van der Waals surface area contributed by atoms with Gasteiger partial charge in [0.2, 0.25) is 0 Å². The van der Waals surface area contributed by atoms with Crippen LogP contribution < -0.4 is 5.73 Å². The third-order valence-electron chi connectivity index (χ3n) is 3.28. The smallest absolute Gasteiger partial charge is 0.162 e. The molecule has 18 heavy (non-hydrogen) atoms. The van der Waals surface area contributed by atoms with Crippen molar-refractivity contribution in [2.45, 2.75) is 25.7 Å². The van der Waals surface area contributed by atoms with Crippen LogP contribution in [-0.2, 0) is 7.05 Å². The summed E-state index contributed by atoms with van der Waals surface area (Å²) in [4.78, 5) is 0. The molecule has 0 atom stereocenters. The second-order valence-corrected chi connectivity index (χ2v) is 4.78. The number of aromatic nitrogens is 4. The lowest BCUT2D eigenvalue weighted by molar-refractivity contribution is 0.687. The molecule has 2 aromatic heterocycles. The number of hydrogen-bond donors (Lipinski definition) is 2. The van der Waals surface area contributed by atoms with E-state index in [2.05, 4.69) is 10.2 Å². The quantitative estimate of drug-likeness (QED) is 0.625. The van der Waals surface area contributed by atoms with Gasteiger partial charge >= 0.3 is 0 Å². The largest absolute Gasteiger partial charge is 0.384 e. The Morgan fingerprint density at radius 1 is 1.44 bits per heavy atom. The molecular formula is C12H16N6. The van der Waals surface area contributed by atoms with Crippen LogP contribution in [0.2, 0.25) is 0 Å². The minimum Gasteiger partial charge on any atom is -0.384 e. The van der Waals surface area contributed by atoms with E-state index in [0.29, 0.717) is 11.5 Å². The lowest BCUT2D eigenvalue weighted by Crippen LogP contribution is -2.16. The van der Waals surface area contributed by atoms with Crippen LogP contribution >= 0.6 is 0 Å². The molecule has 3 rings (SSSR count). The van der Waals surface area contributed by atoms with Crippen LogP contribution in [0.3, 0.4) is 0 Å². The van der Waals surface area contributed by atoms with Crippen molar-refractivity contribution >= 4 is 5.84 Å². The molecular weight excluding hydrogens is 228 g/mol. The van der Waals surface area contributed by atoms with Gasteiger partial charge < -0.3 is 5.73 Å². The summed E-state index contributed by atoms with van der Waals surface area (Å²) in [6, 6.07) is 2.03. The number of nitrogens with one attached hydrogen (secondary N) is 1. The van der Waals surface area contributed by atoms with Gasteiger partial charge in [-0.3, -0.25) is 10.1 Å². The van der Waals surface area contributed by atoms with Crippen molar-refractivity contribution in [2.75, 3.05) is 0 Å². The molecule has 1 aliphatic rings. The highest BCUT2D eigenvalue weighted by atomic mass is 15.4. The first-order chi connectivity index (χ1) is 8.58. The molecule has 94 valence electrons. The van der Waals surface area contributed by atoms with E-state index >= 15 is 0 Å². The van der Waals surface area contributed by atoms with Gasteiger partial charge in [-0.05, 0) is 25.8 Å². The zero-order chi connectivity index (χ0) is 12.9. The van der Waals surface area contributed by atoms with Crippen LogP contribution in [-0.4, -0.2) is 25.4 Å². The third-order valence-corrected chi connectivity index (χ3v) is 3.28. The summed E-state index contributed by atoms with van der Waals surface area (Å²) in [5, 5.41) is 16.5. The summed E-state index contributed by atoms with van der Waals surface area (Å²) in [7, 11) is 1.84. The first-order valence-corrected chi connectivity index (χ1v) is 6.02. The summed E-state index contributed by atoms with van der Waals surface area (Å²) < 4.78 is 3.49. The van der Waals surface area contributed by atoms with Gasteiger partial charge in [-0.2, -0.15) is 10.2 Å². The molecule has 0 aliphatic heterocycles. The minimum absolute atomic E-state index is 0.0269. The average molecular weight is 244 g/mol. The number of hydrogen-bond acceptors (Lipinski definition) is 3. The van der Waals surface area contributed by atoms with Gasteiger partial charge in [0.05, 0.1) is 17.0 Å². The zero-order valence-electron chi connectivity index (χ0n) is 10.5. The molecule has 0 spiro atoms. The molecule has 1 aliphatic carbocycles. The second kappa shape index (κ2) is 3.69. The minimum atomic E-state index is 0.0269. The van der Waals surface area contributed by atoms with Gasteiger partial charge in [-0.25, -0.2) is 4.68 Å². The van der Waals surface area contributed by atoms with Gasteiger partial charge in [0.15, 0.2) is 5.82 Å². The maximum absolute atomic E-state index is 7.67. The molecule has 1 fully saturated rings. The lowest BCUT2D eigenvalue weighted by atomic mass is 10.2. The fourth-order valence-corrected chi connectivity index (χ4v) is 2.28. The molecule has 2 heterocycles. The van der Waals surface area contributed by atoms with Crippen molar-refractivity contribution in [1.82, 2.24) is 19.6 Å². The zero-order valence-corrected chi connectivity index (χ0v) is 10.5. The topological polar surface area (TPSA) is 85.5 Å². The van der Waals surface area contributed by atoms with Crippen LogP contribution in [0.1, 0.15) is 35.7 Å². The predicted molar refractivity (Wildman–Crippen MR) is 68.1 cm³/mol. The van der Waals surface area contributed by atoms with Crippen molar-refractivity contribution in [3.63, 3.8) is 0 Å². The van der Waals surface area contributed by atoms with Crippen LogP contribution in [0.15, 0.2) is 12.3 Å². The molecule has 6 heteroatoms. The summed E-state index contributed by atoms with van der Waals surface area (Å²) in [5.74, 6) is 1.40. The first-order valence-electron chi connectivity index (χ1n) is 6.02. The number of rotatable bonds is 3. The fourth-order valence-electron chi connectivity index (χ4n) is 2.28. The van der Waals surface area contributed by atoms with Crippen molar-refractivity contribution < 1.29 is 0 Å². The number of aryl methyl sites for hydroxylation is 2. The van der Waals surface area contributed by atoms with Crippen molar-refractivity contribution in [3.05, 3.63) is 29.2 Å². The summed E-state index contributed by atoms with van der Waals surface area (Å²) in [5.41, 5.74) is 8.16. The Morgan fingerprint density at radius 3 is 2.78 bits per heavy atom. The Hall–Kier alpha value is -2.11. The molecule has 0 aromatic carbocycles. The Morgan fingerprint density at radius 2 is 2.17 bits per heavy atom. The maximum Gasteiger partial charge on any atom is 0.162 e. The summed E-state index contributed by atoms with van der Waals surface area (Å²) >= 11 is 0. The van der Waals surface area contributed by atoms with E-state index in [1.54, 1.807) is 9.36 Å². The highest BCUT2D eigenvalue weighted by Crippen LogP contribution is 2.39. The van der Waals surface area contributed by atoms with Crippen LogP contribution in [0.25, 0.3) is 5.82 Å². The molecule has 0 unspecified atom stereocenters. The molecule has 3 N–H and O–H groups in total. The Balaban J connectivity index is 2.11. The standard InChI is InChI=1S/C12H16N6/c1-7-10(11(13)14)12(17(2)15-7)18-6-5-9(16-18)8-3-4-8/h5-6,8H,3-4H2,1-2H3,(H3,13,14). The van der Waals surface area contributed by atoms with Crippen molar-refractivity contribution in [1.29, 1.82) is 5.41 Å². The maximum atomic E-state index is 7.67. The SMILES string of the molecule is Cc1nn(C)c(-n2ccc(C3CC3)n2)c1C(=N)N. The van der Waals surface area contributed by atoms with E-state index in [9.17, 15) is 0 Å². The number of nitrogens with zero attached hydrogens (tertiary/aromatic N) is 4. The molecule has 0 radical (unpaired) electrons. The van der Waals surface area contributed by atoms with Crippen molar-refractivity contribution in [3.8, 4) is 5.82 Å². The number of nitrogen functional groups attached to an aromatic ring is 1. The highest BCUT2D eigenvalue weighted by molar-refractivity contribution is 5.99. The monoisotopic (exact) mass is 244 g/mol. The Kier molecular flexibility index (Phi) is 2.26. The lowest BCUT2D eigenvalue weighted by Gasteiger charge is -2.05. The first kappa shape index (κ1) is 11.0. The van der Waals surface area contributed by atoms with Crippen LogP contribution in [0, 0.1) is 12.3 Å². The van der Waals surface area contributed by atoms with Crippen molar-refractivity contribution in [2.24, 2.45) is 12.8 Å². The van der Waals surface area contributed by atoms with Gasteiger partial charge in [-0.1, -0.05) is 0 Å². The van der Waals surface area contributed by atoms with Gasteiger partial charge in [0.1, 0.15) is 5.84 Å². The van der Waals surface area contributed by atoms with Gasteiger partial charge in [-0.15, -0.1) is 0 Å². The Bertz CT molecular complexity index is 617. The summed E-state index contributed by atoms with van der Waals surface area (Å²) in [6.07, 6.45) is 4.36. The van der Waals surface area contributed by atoms with E-state index in [0.717, 1.165) is 17.2 Å². The molecule has 0 saturated heterocycles. The second-order valence-electron chi connectivity index (χ2n) is 4.78. The van der Waals surface area contributed by atoms with E-state index < -0.39 is 0 Å². The molecule has 0 amide bonds. The van der Waals surface area contributed by atoms with Crippen LogP contribution in [0.4, 0.5) is 0 Å². The van der Waals surface area contributed by atoms with E-state index in [1.165, 1.54) is 12.8 Å². The van der Waals surface area contributed by atoms with E-state index in [1.807, 2.05) is 26.2 Å². The molecule has 1 saturated carbocycles. The predicted octanol–water partition coefficient (Wildman–Crippen LogP) is 1.08.